The summed E-state index contributed by atoms with van der Waals surface area (Å²) in [6, 6.07) is -0.464. The molecule has 0 radical (unpaired) electrons. The Bertz CT molecular complexity index is 368. The first kappa shape index (κ1) is 16.8. The van der Waals surface area contributed by atoms with Crippen LogP contribution in [0.25, 0.3) is 0 Å². The van der Waals surface area contributed by atoms with Gasteiger partial charge in [0.05, 0.1) is 6.10 Å². The number of ether oxygens (including phenoxy) is 1. The molecule has 0 aromatic carbocycles. The molecule has 1 aliphatic carbocycles. The third kappa shape index (κ3) is 3.62. The quantitative estimate of drug-likeness (QED) is 0.779. The van der Waals surface area contributed by atoms with Crippen molar-refractivity contribution >= 4 is 12.0 Å². The van der Waals surface area contributed by atoms with Crippen LogP contribution in [0.3, 0.4) is 0 Å². The van der Waals surface area contributed by atoms with Crippen LogP contribution in [0.15, 0.2) is 0 Å². The molecule has 2 atom stereocenters. The number of nitrogens with zero attached hydrogens (tertiary/aromatic N) is 1. The van der Waals surface area contributed by atoms with Crippen molar-refractivity contribution in [2.24, 2.45) is 5.41 Å². The van der Waals surface area contributed by atoms with Crippen molar-refractivity contribution in [1.82, 2.24) is 10.2 Å². The molecule has 0 spiro atoms. The lowest BCUT2D eigenvalue weighted by Crippen LogP contribution is -2.64. The molecule has 2 amide bonds. The van der Waals surface area contributed by atoms with E-state index in [1.165, 1.54) is 4.90 Å². The molecular formula is C14H26N2O4. The molecule has 0 bridgehead atoms. The average Bonchev–Trinajstić information content (AvgIpc) is 2.34. The lowest BCUT2D eigenvalue weighted by Gasteiger charge is -2.52. The topological polar surface area (TPSA) is 78.9 Å². The first-order chi connectivity index (χ1) is 9.20. The van der Waals surface area contributed by atoms with Gasteiger partial charge in [-0.25, -0.2) is 4.79 Å². The van der Waals surface area contributed by atoms with E-state index in [9.17, 15) is 9.59 Å². The van der Waals surface area contributed by atoms with Crippen molar-refractivity contribution in [3.05, 3.63) is 0 Å². The highest BCUT2D eigenvalue weighted by Gasteiger charge is 2.49. The van der Waals surface area contributed by atoms with Crippen LogP contribution >= 0.6 is 0 Å². The number of hydrogen-bond donors (Lipinski definition) is 2. The van der Waals surface area contributed by atoms with Gasteiger partial charge in [-0.2, -0.15) is 0 Å². The zero-order valence-electron chi connectivity index (χ0n) is 13.0. The Balaban J connectivity index is 2.60. The monoisotopic (exact) mass is 286 g/mol. The second kappa shape index (κ2) is 6.43. The smallest absolute Gasteiger partial charge is 0.323 e. The zero-order chi connectivity index (χ0) is 15.5. The number of nitrogens with one attached hydrogen (secondary N) is 1. The predicted molar refractivity (Wildman–Crippen MR) is 75.6 cm³/mol. The minimum absolute atomic E-state index is 0.0154. The maximum atomic E-state index is 12.2. The first-order valence-corrected chi connectivity index (χ1v) is 7.10. The second-order valence-corrected chi connectivity index (χ2v) is 6.12. The fourth-order valence-corrected chi connectivity index (χ4v) is 2.48. The number of aliphatic carboxylic acids is 1. The standard InChI is InChI=1S/C14H26N2O4/c1-6-20-11-7-10(14(11,4)5)15-13(19)16(9(2)3)8-12(17)18/h9-11H,6-8H2,1-5H3,(H,15,19)(H,17,18). The van der Waals surface area contributed by atoms with Gasteiger partial charge >= 0.3 is 12.0 Å². The Morgan fingerprint density at radius 2 is 2.05 bits per heavy atom. The number of carboxylic acids is 1. The maximum absolute atomic E-state index is 12.2. The summed E-state index contributed by atoms with van der Waals surface area (Å²) < 4.78 is 5.62. The van der Waals surface area contributed by atoms with Gasteiger partial charge in [-0.15, -0.1) is 0 Å². The lowest BCUT2D eigenvalue weighted by atomic mass is 9.64. The van der Waals surface area contributed by atoms with E-state index in [0.717, 1.165) is 6.42 Å². The Kier molecular flexibility index (Phi) is 5.39. The molecule has 0 aromatic heterocycles. The predicted octanol–water partition coefficient (Wildman–Crippen LogP) is 1.69. The van der Waals surface area contributed by atoms with Crippen molar-refractivity contribution in [3.8, 4) is 0 Å². The molecule has 6 heteroatoms. The number of carbonyl (C=O) groups excluding carboxylic acids is 1. The van der Waals surface area contributed by atoms with Gasteiger partial charge in [0.1, 0.15) is 6.54 Å². The SMILES string of the molecule is CCOC1CC(NC(=O)N(CC(=O)O)C(C)C)C1(C)C. The Hall–Kier alpha value is -1.30. The fourth-order valence-electron chi connectivity index (χ4n) is 2.48. The molecule has 0 aromatic rings. The van der Waals surface area contributed by atoms with Crippen LogP contribution < -0.4 is 5.32 Å². The van der Waals surface area contributed by atoms with Gasteiger partial charge in [0, 0.05) is 24.1 Å². The second-order valence-electron chi connectivity index (χ2n) is 6.12. The van der Waals surface area contributed by atoms with E-state index in [2.05, 4.69) is 19.2 Å². The van der Waals surface area contributed by atoms with Gasteiger partial charge in [0.25, 0.3) is 0 Å². The van der Waals surface area contributed by atoms with Gasteiger partial charge in [0.2, 0.25) is 0 Å². The Morgan fingerprint density at radius 3 is 2.45 bits per heavy atom. The van der Waals surface area contributed by atoms with Crippen LogP contribution in [0.2, 0.25) is 0 Å². The van der Waals surface area contributed by atoms with E-state index in [1.807, 2.05) is 6.92 Å². The first-order valence-electron chi connectivity index (χ1n) is 7.10. The van der Waals surface area contributed by atoms with Crippen molar-refractivity contribution in [1.29, 1.82) is 0 Å². The molecule has 0 aliphatic heterocycles. The minimum Gasteiger partial charge on any atom is -0.480 e. The fraction of sp³-hybridized carbons (Fsp3) is 0.857. The van der Waals surface area contributed by atoms with Gasteiger partial charge < -0.3 is 20.1 Å². The highest BCUT2D eigenvalue weighted by atomic mass is 16.5. The van der Waals surface area contributed by atoms with Crippen molar-refractivity contribution < 1.29 is 19.4 Å². The van der Waals surface area contributed by atoms with E-state index >= 15 is 0 Å². The van der Waals surface area contributed by atoms with Crippen molar-refractivity contribution in [2.45, 2.75) is 59.2 Å². The summed E-state index contributed by atoms with van der Waals surface area (Å²) in [7, 11) is 0. The minimum atomic E-state index is -1.01. The summed E-state index contributed by atoms with van der Waals surface area (Å²) in [4.78, 5) is 24.3. The van der Waals surface area contributed by atoms with Crippen LogP contribution in [-0.2, 0) is 9.53 Å². The lowest BCUT2D eigenvalue weighted by molar-refractivity contribution is -0.138. The Labute approximate surface area is 120 Å². The number of hydrogen-bond acceptors (Lipinski definition) is 3. The number of amides is 2. The van der Waals surface area contributed by atoms with Gasteiger partial charge in [-0.3, -0.25) is 4.79 Å². The molecule has 1 saturated carbocycles. The number of urea groups is 1. The molecule has 1 fully saturated rings. The Morgan fingerprint density at radius 1 is 1.45 bits per heavy atom. The number of carboxylic acid groups (broad SMARTS) is 1. The van der Waals surface area contributed by atoms with Crippen LogP contribution in [0.1, 0.15) is 41.0 Å². The normalized spacial score (nSPS) is 24.1. The largest absolute Gasteiger partial charge is 0.480 e. The molecule has 2 N–H and O–H groups in total. The molecule has 0 heterocycles. The molecule has 6 nitrogen and oxygen atoms in total. The van der Waals surface area contributed by atoms with Gasteiger partial charge in [-0.05, 0) is 27.2 Å². The summed E-state index contributed by atoms with van der Waals surface area (Å²) in [5, 5.41) is 11.8. The van der Waals surface area contributed by atoms with E-state index in [4.69, 9.17) is 9.84 Å². The van der Waals surface area contributed by atoms with Crippen LogP contribution in [0.5, 0.6) is 0 Å². The number of carbonyl (C=O) groups is 2. The van der Waals surface area contributed by atoms with E-state index < -0.39 is 5.97 Å². The molecular weight excluding hydrogens is 260 g/mol. The van der Waals surface area contributed by atoms with Crippen molar-refractivity contribution in [3.63, 3.8) is 0 Å². The molecule has 2 unspecified atom stereocenters. The molecule has 116 valence electrons. The van der Waals surface area contributed by atoms with Crippen molar-refractivity contribution in [2.75, 3.05) is 13.2 Å². The molecule has 0 saturated heterocycles. The third-order valence-electron chi connectivity index (χ3n) is 4.03. The van der Waals surface area contributed by atoms with Gasteiger partial charge in [-0.1, -0.05) is 13.8 Å². The maximum Gasteiger partial charge on any atom is 0.323 e. The highest BCUT2D eigenvalue weighted by molar-refractivity contribution is 5.80. The molecule has 20 heavy (non-hydrogen) atoms. The highest BCUT2D eigenvalue weighted by Crippen LogP contribution is 2.42. The van der Waals surface area contributed by atoms with E-state index in [0.29, 0.717) is 6.61 Å². The summed E-state index contributed by atoms with van der Waals surface area (Å²) in [5.74, 6) is -1.01. The third-order valence-corrected chi connectivity index (χ3v) is 4.03. The van der Waals surface area contributed by atoms with Crippen LogP contribution in [-0.4, -0.2) is 53.3 Å². The zero-order valence-corrected chi connectivity index (χ0v) is 13.0. The van der Waals surface area contributed by atoms with Crippen LogP contribution in [0, 0.1) is 5.41 Å². The number of rotatable bonds is 6. The summed E-state index contributed by atoms with van der Waals surface area (Å²) in [5.41, 5.74) is -0.127. The summed E-state index contributed by atoms with van der Waals surface area (Å²) >= 11 is 0. The molecule has 1 aliphatic rings. The van der Waals surface area contributed by atoms with E-state index in [1.54, 1.807) is 13.8 Å². The van der Waals surface area contributed by atoms with Gasteiger partial charge in [0.15, 0.2) is 0 Å². The summed E-state index contributed by atoms with van der Waals surface area (Å²) in [6.07, 6.45) is 0.913. The summed E-state index contributed by atoms with van der Waals surface area (Å²) in [6.45, 7) is 10.0. The van der Waals surface area contributed by atoms with E-state index in [-0.39, 0.29) is 36.2 Å². The average molecular weight is 286 g/mol. The molecule has 1 rings (SSSR count). The van der Waals surface area contributed by atoms with Crippen LogP contribution in [0.4, 0.5) is 4.79 Å².